The molecule has 0 saturated carbocycles. The first-order chi connectivity index (χ1) is 8.79. The highest BCUT2D eigenvalue weighted by Gasteiger charge is 2.27. The van der Waals surface area contributed by atoms with E-state index in [1.54, 1.807) is 0 Å². The van der Waals surface area contributed by atoms with Crippen molar-refractivity contribution < 1.29 is 0 Å². The molecule has 1 aromatic rings. The summed E-state index contributed by atoms with van der Waals surface area (Å²) in [6.07, 6.45) is 6.38. The summed E-state index contributed by atoms with van der Waals surface area (Å²) in [4.78, 5) is 7.38. The molecule has 3 heterocycles. The van der Waals surface area contributed by atoms with Crippen molar-refractivity contribution in [3.05, 3.63) is 16.1 Å². The lowest BCUT2D eigenvalue weighted by molar-refractivity contribution is 0.216. The molecule has 0 bridgehead atoms. The Morgan fingerprint density at radius 2 is 2.00 bits per heavy atom. The highest BCUT2D eigenvalue weighted by Crippen LogP contribution is 2.33. The van der Waals surface area contributed by atoms with Crippen LogP contribution in [0.25, 0.3) is 0 Å². The van der Waals surface area contributed by atoms with Gasteiger partial charge in [-0.25, -0.2) is 4.98 Å². The molecule has 3 rings (SSSR count). The second-order valence-corrected chi connectivity index (χ2v) is 6.28. The first kappa shape index (κ1) is 12.7. The Morgan fingerprint density at radius 3 is 2.72 bits per heavy atom. The van der Waals surface area contributed by atoms with Crippen LogP contribution >= 0.6 is 15.9 Å². The van der Waals surface area contributed by atoms with Gasteiger partial charge in [-0.15, -0.1) is 0 Å². The van der Waals surface area contributed by atoms with Gasteiger partial charge in [-0.05, 0) is 67.7 Å². The molecule has 0 radical (unpaired) electrons. The van der Waals surface area contributed by atoms with Gasteiger partial charge in [-0.2, -0.15) is 0 Å². The fourth-order valence-electron chi connectivity index (χ4n) is 3.34. The predicted molar refractivity (Wildman–Crippen MR) is 77.0 cm³/mol. The van der Waals surface area contributed by atoms with Gasteiger partial charge >= 0.3 is 0 Å². The maximum absolute atomic E-state index is 4.83. The minimum Gasteiger partial charge on any atom is -0.331 e. The fraction of sp³-hybridized carbons (Fsp3) is 0.786. The Morgan fingerprint density at radius 1 is 1.22 bits per heavy atom. The molecule has 2 aliphatic rings. The van der Waals surface area contributed by atoms with E-state index in [1.807, 2.05) is 0 Å². The Kier molecular flexibility index (Phi) is 3.76. The largest absolute Gasteiger partial charge is 0.331 e. The third-order valence-electron chi connectivity index (χ3n) is 4.50. The van der Waals surface area contributed by atoms with E-state index in [2.05, 4.69) is 32.3 Å². The smallest absolute Gasteiger partial charge is 0.127 e. The summed E-state index contributed by atoms with van der Waals surface area (Å²) in [5.41, 5.74) is 1.44. The van der Waals surface area contributed by atoms with Crippen LogP contribution in [0.2, 0.25) is 0 Å². The van der Waals surface area contributed by atoms with E-state index >= 15 is 0 Å². The molecule has 1 aromatic heterocycles. The average molecular weight is 312 g/mol. The maximum Gasteiger partial charge on any atom is 0.127 e. The number of rotatable bonds is 2. The van der Waals surface area contributed by atoms with Crippen molar-refractivity contribution in [1.29, 1.82) is 0 Å². The zero-order chi connectivity index (χ0) is 12.5. The molecular formula is C14H22BrN3. The van der Waals surface area contributed by atoms with Crippen LogP contribution in [0.15, 0.2) is 4.60 Å². The standard InChI is InChI=1S/C14H22BrN3/c1-2-17-9-6-11(7-10-17)14-16-13(15)12-5-3-4-8-18(12)14/h11H,2-10H2,1H3. The first-order valence-electron chi connectivity index (χ1n) is 7.26. The van der Waals surface area contributed by atoms with Crippen LogP contribution in [-0.2, 0) is 13.0 Å². The van der Waals surface area contributed by atoms with Crippen LogP contribution in [0.4, 0.5) is 0 Å². The summed E-state index contributed by atoms with van der Waals surface area (Å²) >= 11 is 3.65. The number of halogens is 1. The summed E-state index contributed by atoms with van der Waals surface area (Å²) in [5, 5.41) is 0. The normalized spacial score (nSPS) is 22.1. The van der Waals surface area contributed by atoms with E-state index in [1.165, 1.54) is 69.8 Å². The summed E-state index contributed by atoms with van der Waals surface area (Å²) in [6, 6.07) is 0. The number of hydrogen-bond donors (Lipinski definition) is 0. The van der Waals surface area contributed by atoms with Gasteiger partial charge in [0.15, 0.2) is 0 Å². The molecule has 0 unspecified atom stereocenters. The number of hydrogen-bond acceptors (Lipinski definition) is 2. The highest BCUT2D eigenvalue weighted by atomic mass is 79.9. The van der Waals surface area contributed by atoms with Crippen LogP contribution in [0.5, 0.6) is 0 Å². The molecule has 18 heavy (non-hydrogen) atoms. The van der Waals surface area contributed by atoms with Gasteiger partial charge in [-0.1, -0.05) is 6.92 Å². The molecule has 0 aliphatic carbocycles. The molecule has 0 spiro atoms. The lowest BCUT2D eigenvalue weighted by atomic mass is 9.95. The van der Waals surface area contributed by atoms with E-state index in [-0.39, 0.29) is 0 Å². The van der Waals surface area contributed by atoms with Crippen molar-refractivity contribution in [3.8, 4) is 0 Å². The number of fused-ring (bicyclic) bond motifs is 1. The number of piperidine rings is 1. The second kappa shape index (κ2) is 5.33. The molecule has 0 aromatic carbocycles. The Labute approximate surface area is 118 Å². The quantitative estimate of drug-likeness (QED) is 0.836. The van der Waals surface area contributed by atoms with Gasteiger partial charge < -0.3 is 9.47 Å². The first-order valence-corrected chi connectivity index (χ1v) is 8.06. The summed E-state index contributed by atoms with van der Waals surface area (Å²) < 4.78 is 3.61. The molecule has 1 fully saturated rings. The Hall–Kier alpha value is -0.350. The van der Waals surface area contributed by atoms with Gasteiger partial charge in [0.05, 0.1) is 5.69 Å². The predicted octanol–water partition coefficient (Wildman–Crippen LogP) is 3.18. The van der Waals surface area contributed by atoms with E-state index in [4.69, 9.17) is 4.98 Å². The van der Waals surface area contributed by atoms with Crippen molar-refractivity contribution in [2.24, 2.45) is 0 Å². The van der Waals surface area contributed by atoms with E-state index < -0.39 is 0 Å². The summed E-state index contributed by atoms with van der Waals surface area (Å²) in [6.45, 7) is 7.10. The third kappa shape index (κ3) is 2.25. The minimum absolute atomic E-state index is 0.677. The molecule has 100 valence electrons. The van der Waals surface area contributed by atoms with Gasteiger partial charge in [-0.3, -0.25) is 0 Å². The van der Waals surface area contributed by atoms with E-state index in [0.29, 0.717) is 5.92 Å². The van der Waals surface area contributed by atoms with Crippen molar-refractivity contribution in [2.45, 2.75) is 51.5 Å². The molecular weight excluding hydrogens is 290 g/mol. The molecule has 2 aliphatic heterocycles. The van der Waals surface area contributed by atoms with Gasteiger partial charge in [0.25, 0.3) is 0 Å². The van der Waals surface area contributed by atoms with Crippen molar-refractivity contribution in [2.75, 3.05) is 19.6 Å². The fourth-order valence-corrected chi connectivity index (χ4v) is 3.94. The van der Waals surface area contributed by atoms with Crippen LogP contribution in [0.3, 0.4) is 0 Å². The zero-order valence-electron chi connectivity index (χ0n) is 11.2. The molecule has 0 amide bonds. The summed E-state index contributed by atoms with van der Waals surface area (Å²) in [7, 11) is 0. The number of likely N-dealkylation sites (tertiary alicyclic amines) is 1. The van der Waals surface area contributed by atoms with E-state index in [9.17, 15) is 0 Å². The second-order valence-electron chi connectivity index (χ2n) is 5.52. The third-order valence-corrected chi connectivity index (χ3v) is 5.13. The van der Waals surface area contributed by atoms with Gasteiger partial charge in [0, 0.05) is 12.5 Å². The molecule has 4 heteroatoms. The number of nitrogens with zero attached hydrogens (tertiary/aromatic N) is 3. The van der Waals surface area contributed by atoms with Gasteiger partial charge in [0.1, 0.15) is 10.4 Å². The zero-order valence-corrected chi connectivity index (χ0v) is 12.7. The monoisotopic (exact) mass is 311 g/mol. The van der Waals surface area contributed by atoms with Crippen molar-refractivity contribution in [1.82, 2.24) is 14.5 Å². The maximum atomic E-state index is 4.83. The lowest BCUT2D eigenvalue weighted by Crippen LogP contribution is -2.33. The minimum atomic E-state index is 0.677. The Balaban J connectivity index is 1.80. The lowest BCUT2D eigenvalue weighted by Gasteiger charge is -2.31. The van der Waals surface area contributed by atoms with Crippen LogP contribution in [0, 0.1) is 0 Å². The SMILES string of the molecule is CCN1CCC(c2nc(Br)c3n2CCCC3)CC1. The average Bonchev–Trinajstić information content (AvgIpc) is 2.77. The van der Waals surface area contributed by atoms with Gasteiger partial charge in [0.2, 0.25) is 0 Å². The van der Waals surface area contributed by atoms with Crippen LogP contribution in [-0.4, -0.2) is 34.1 Å². The van der Waals surface area contributed by atoms with Crippen molar-refractivity contribution in [3.63, 3.8) is 0 Å². The topological polar surface area (TPSA) is 21.1 Å². The van der Waals surface area contributed by atoms with E-state index in [0.717, 1.165) is 4.60 Å². The molecule has 0 N–H and O–H groups in total. The number of imidazole rings is 1. The van der Waals surface area contributed by atoms with Crippen LogP contribution < -0.4 is 0 Å². The Bertz CT molecular complexity index is 419. The molecule has 3 nitrogen and oxygen atoms in total. The highest BCUT2D eigenvalue weighted by molar-refractivity contribution is 9.10. The van der Waals surface area contributed by atoms with Crippen molar-refractivity contribution >= 4 is 15.9 Å². The number of aromatic nitrogens is 2. The summed E-state index contributed by atoms with van der Waals surface area (Å²) in [5.74, 6) is 2.03. The molecule has 1 saturated heterocycles. The van der Waals surface area contributed by atoms with Crippen LogP contribution in [0.1, 0.15) is 50.0 Å². The molecule has 0 atom stereocenters.